The molecule has 0 aromatic heterocycles. The molecule has 1 saturated heterocycles. The highest BCUT2D eigenvalue weighted by Crippen LogP contribution is 2.20. The number of hydrogen-bond donors (Lipinski definition) is 0. The summed E-state index contributed by atoms with van der Waals surface area (Å²) in [6.45, 7) is 4.43. The maximum absolute atomic E-state index is 13.3. The lowest BCUT2D eigenvalue weighted by molar-refractivity contribution is 0.308. The van der Waals surface area contributed by atoms with E-state index in [0.717, 1.165) is 19.5 Å². The van der Waals surface area contributed by atoms with Gasteiger partial charge in [0.05, 0.1) is 0 Å². The summed E-state index contributed by atoms with van der Waals surface area (Å²) < 4.78 is 26.7. The molecule has 1 fully saturated rings. The molecule has 1 heterocycles. The molecule has 1 aliphatic rings. The Labute approximate surface area is 88.7 Å². The zero-order valence-electron chi connectivity index (χ0n) is 8.84. The standard InChI is InChI=1S/C12H15F2N/c1-9-5-6-15(7-9)8-10-11(13)3-2-4-12(10)14/h2-4,9H,5-8H2,1H3/t9-/m1/s1. The van der Waals surface area contributed by atoms with Gasteiger partial charge in [-0.15, -0.1) is 0 Å². The molecule has 1 atom stereocenters. The molecule has 0 N–H and O–H groups in total. The van der Waals surface area contributed by atoms with Gasteiger partial charge in [0.25, 0.3) is 0 Å². The third-order valence-corrected chi connectivity index (χ3v) is 2.95. The van der Waals surface area contributed by atoms with Crippen molar-refractivity contribution in [3.63, 3.8) is 0 Å². The highest BCUT2D eigenvalue weighted by molar-refractivity contribution is 5.19. The molecule has 2 rings (SSSR count). The molecule has 0 spiro atoms. The van der Waals surface area contributed by atoms with Gasteiger partial charge in [-0.3, -0.25) is 4.90 Å². The Kier molecular flexibility index (Phi) is 3.00. The zero-order valence-corrected chi connectivity index (χ0v) is 8.84. The fraction of sp³-hybridized carbons (Fsp3) is 0.500. The van der Waals surface area contributed by atoms with E-state index in [2.05, 4.69) is 11.8 Å². The molecule has 15 heavy (non-hydrogen) atoms. The predicted molar refractivity (Wildman–Crippen MR) is 55.4 cm³/mol. The molecule has 0 saturated carbocycles. The van der Waals surface area contributed by atoms with Crippen LogP contribution in [0.25, 0.3) is 0 Å². The highest BCUT2D eigenvalue weighted by Gasteiger charge is 2.20. The minimum Gasteiger partial charge on any atom is -0.299 e. The van der Waals surface area contributed by atoms with Crippen molar-refractivity contribution in [1.82, 2.24) is 4.90 Å². The fourth-order valence-electron chi connectivity index (χ4n) is 2.08. The first-order valence-electron chi connectivity index (χ1n) is 5.32. The van der Waals surface area contributed by atoms with E-state index in [-0.39, 0.29) is 5.56 Å². The second kappa shape index (κ2) is 4.27. The van der Waals surface area contributed by atoms with Gasteiger partial charge >= 0.3 is 0 Å². The van der Waals surface area contributed by atoms with Gasteiger partial charge < -0.3 is 0 Å². The number of nitrogens with zero attached hydrogens (tertiary/aromatic N) is 1. The molecule has 1 aliphatic heterocycles. The molecule has 82 valence electrons. The maximum atomic E-state index is 13.3. The van der Waals surface area contributed by atoms with E-state index in [0.29, 0.717) is 12.5 Å². The van der Waals surface area contributed by atoms with E-state index in [9.17, 15) is 8.78 Å². The van der Waals surface area contributed by atoms with Gasteiger partial charge in [-0.1, -0.05) is 13.0 Å². The normalized spacial score (nSPS) is 22.2. The van der Waals surface area contributed by atoms with Crippen molar-refractivity contribution < 1.29 is 8.78 Å². The summed E-state index contributed by atoms with van der Waals surface area (Å²) >= 11 is 0. The lowest BCUT2D eigenvalue weighted by Gasteiger charge is -2.16. The maximum Gasteiger partial charge on any atom is 0.130 e. The summed E-state index contributed by atoms with van der Waals surface area (Å²) in [4.78, 5) is 2.10. The topological polar surface area (TPSA) is 3.24 Å². The van der Waals surface area contributed by atoms with Crippen molar-refractivity contribution in [3.05, 3.63) is 35.4 Å². The zero-order chi connectivity index (χ0) is 10.8. The molecule has 0 amide bonds. The van der Waals surface area contributed by atoms with Crippen LogP contribution >= 0.6 is 0 Å². The van der Waals surface area contributed by atoms with E-state index in [1.165, 1.54) is 18.2 Å². The summed E-state index contributed by atoms with van der Waals surface area (Å²) in [7, 11) is 0. The highest BCUT2D eigenvalue weighted by atomic mass is 19.1. The van der Waals surface area contributed by atoms with Gasteiger partial charge in [0.1, 0.15) is 11.6 Å². The molecular weight excluding hydrogens is 196 g/mol. The molecular formula is C12H15F2N. The molecule has 0 aliphatic carbocycles. The van der Waals surface area contributed by atoms with Crippen LogP contribution in [-0.4, -0.2) is 18.0 Å². The molecule has 3 heteroatoms. The lowest BCUT2D eigenvalue weighted by Crippen LogP contribution is -2.21. The summed E-state index contributed by atoms with van der Waals surface area (Å²) in [6, 6.07) is 4.04. The number of likely N-dealkylation sites (tertiary alicyclic amines) is 1. The first-order valence-corrected chi connectivity index (χ1v) is 5.32. The molecule has 1 nitrogen and oxygen atoms in total. The van der Waals surface area contributed by atoms with Gasteiger partial charge in [-0.2, -0.15) is 0 Å². The van der Waals surface area contributed by atoms with Gasteiger partial charge in [-0.05, 0) is 31.0 Å². The van der Waals surface area contributed by atoms with Gasteiger partial charge in [0.15, 0.2) is 0 Å². The first kappa shape index (κ1) is 10.6. The molecule has 0 unspecified atom stereocenters. The van der Waals surface area contributed by atoms with Crippen LogP contribution in [0.5, 0.6) is 0 Å². The Morgan fingerprint density at radius 2 is 2.00 bits per heavy atom. The number of halogens is 2. The van der Waals surface area contributed by atoms with Crippen molar-refractivity contribution in [1.29, 1.82) is 0 Å². The predicted octanol–water partition coefficient (Wildman–Crippen LogP) is 2.81. The molecule has 1 aromatic carbocycles. The van der Waals surface area contributed by atoms with E-state index in [4.69, 9.17) is 0 Å². The van der Waals surface area contributed by atoms with Crippen LogP contribution in [-0.2, 0) is 6.54 Å². The Hall–Kier alpha value is -0.960. The van der Waals surface area contributed by atoms with Gasteiger partial charge in [0.2, 0.25) is 0 Å². The van der Waals surface area contributed by atoms with Crippen LogP contribution in [0, 0.1) is 17.6 Å². The average Bonchev–Trinajstić information content (AvgIpc) is 2.58. The first-order chi connectivity index (χ1) is 7.16. The Balaban J connectivity index is 2.10. The third-order valence-electron chi connectivity index (χ3n) is 2.95. The van der Waals surface area contributed by atoms with Crippen LogP contribution in [0.15, 0.2) is 18.2 Å². The SMILES string of the molecule is C[C@@H]1CCN(Cc2c(F)cccc2F)C1. The van der Waals surface area contributed by atoms with E-state index in [1.54, 1.807) is 0 Å². The van der Waals surface area contributed by atoms with E-state index >= 15 is 0 Å². The van der Waals surface area contributed by atoms with Gasteiger partial charge in [-0.25, -0.2) is 8.78 Å². The van der Waals surface area contributed by atoms with E-state index < -0.39 is 11.6 Å². The third kappa shape index (κ3) is 2.34. The van der Waals surface area contributed by atoms with Crippen molar-refractivity contribution in [2.24, 2.45) is 5.92 Å². The largest absolute Gasteiger partial charge is 0.299 e. The monoisotopic (exact) mass is 211 g/mol. The second-order valence-electron chi connectivity index (χ2n) is 4.33. The van der Waals surface area contributed by atoms with Crippen LogP contribution in [0.3, 0.4) is 0 Å². The molecule has 1 aromatic rings. The minimum absolute atomic E-state index is 0.201. The summed E-state index contributed by atoms with van der Waals surface area (Å²) in [5, 5.41) is 0. The Morgan fingerprint density at radius 1 is 1.33 bits per heavy atom. The number of benzene rings is 1. The summed E-state index contributed by atoms with van der Waals surface area (Å²) in [5.41, 5.74) is 0.201. The summed E-state index contributed by atoms with van der Waals surface area (Å²) in [5.74, 6) is -0.232. The Morgan fingerprint density at radius 3 is 2.53 bits per heavy atom. The average molecular weight is 211 g/mol. The van der Waals surface area contributed by atoms with Crippen molar-refractivity contribution in [2.75, 3.05) is 13.1 Å². The van der Waals surface area contributed by atoms with Crippen molar-refractivity contribution in [3.8, 4) is 0 Å². The number of hydrogen-bond acceptors (Lipinski definition) is 1. The Bertz CT molecular complexity index is 331. The fourth-order valence-corrected chi connectivity index (χ4v) is 2.08. The van der Waals surface area contributed by atoms with Crippen LogP contribution < -0.4 is 0 Å². The quantitative estimate of drug-likeness (QED) is 0.727. The second-order valence-corrected chi connectivity index (χ2v) is 4.33. The van der Waals surface area contributed by atoms with Crippen LogP contribution in [0.2, 0.25) is 0 Å². The summed E-state index contributed by atoms with van der Waals surface area (Å²) in [6.07, 6.45) is 1.12. The van der Waals surface area contributed by atoms with Crippen LogP contribution in [0.4, 0.5) is 8.78 Å². The van der Waals surface area contributed by atoms with Crippen molar-refractivity contribution in [2.45, 2.75) is 19.9 Å². The van der Waals surface area contributed by atoms with Crippen molar-refractivity contribution >= 4 is 0 Å². The smallest absolute Gasteiger partial charge is 0.130 e. The van der Waals surface area contributed by atoms with Crippen LogP contribution in [0.1, 0.15) is 18.9 Å². The molecule has 0 radical (unpaired) electrons. The minimum atomic E-state index is -0.436. The van der Waals surface area contributed by atoms with Gasteiger partial charge in [0, 0.05) is 18.7 Å². The van der Waals surface area contributed by atoms with E-state index in [1.807, 2.05) is 0 Å². The lowest BCUT2D eigenvalue weighted by atomic mass is 10.1. The number of rotatable bonds is 2. The molecule has 0 bridgehead atoms.